The van der Waals surface area contributed by atoms with Crippen LogP contribution in [0.3, 0.4) is 0 Å². The minimum Gasteiger partial charge on any atom is -0.376 e. The van der Waals surface area contributed by atoms with Gasteiger partial charge in [-0.3, -0.25) is 39.1 Å². The number of nitrogens with one attached hydrogen (secondary N) is 4. The van der Waals surface area contributed by atoms with Crippen LogP contribution in [0.15, 0.2) is 60.8 Å². The molecule has 16 heteroatoms. The molecular weight excluding hydrogens is 763 g/mol. The molecule has 5 amide bonds. The highest BCUT2D eigenvalue weighted by Gasteiger charge is 2.44. The molecule has 4 aliphatic heterocycles. The number of piperidine rings is 2. The Bertz CT molecular complexity index is 2560. The zero-order valence-corrected chi connectivity index (χ0v) is 33.9. The first-order valence-electron chi connectivity index (χ1n) is 20.5. The minimum atomic E-state index is -1.03. The van der Waals surface area contributed by atoms with E-state index in [1.165, 1.54) is 17.2 Å². The summed E-state index contributed by atoms with van der Waals surface area (Å²) in [5.41, 5.74) is 8.54. The van der Waals surface area contributed by atoms with Gasteiger partial charge >= 0.3 is 0 Å². The molecule has 4 N–H and O–H groups in total. The van der Waals surface area contributed by atoms with Gasteiger partial charge in [-0.1, -0.05) is 24.3 Å². The summed E-state index contributed by atoms with van der Waals surface area (Å²) in [6.07, 6.45) is 4.76. The minimum absolute atomic E-state index is 0.0292. The number of anilines is 5. The van der Waals surface area contributed by atoms with E-state index >= 15 is 0 Å². The molecule has 2 aromatic heterocycles. The van der Waals surface area contributed by atoms with Crippen molar-refractivity contribution in [2.75, 3.05) is 48.7 Å². The lowest BCUT2D eigenvalue weighted by Crippen LogP contribution is -2.54. The van der Waals surface area contributed by atoms with Crippen LogP contribution in [0.25, 0.3) is 11.0 Å². The summed E-state index contributed by atoms with van der Waals surface area (Å²) in [5.74, 6) is -0.515. The van der Waals surface area contributed by atoms with Gasteiger partial charge in [0.15, 0.2) is 11.5 Å². The number of amides is 5. The molecule has 6 heterocycles. The van der Waals surface area contributed by atoms with E-state index in [0.29, 0.717) is 30.6 Å². The molecule has 0 saturated carbocycles. The number of carbonyl (C=O) groups excluding carboxylic acids is 5. The van der Waals surface area contributed by atoms with Crippen molar-refractivity contribution in [1.82, 2.24) is 39.8 Å². The highest BCUT2D eigenvalue weighted by molar-refractivity contribution is 6.23. The average molecular weight is 810 g/mol. The van der Waals surface area contributed by atoms with Crippen LogP contribution in [0.2, 0.25) is 0 Å². The maximum Gasteiger partial charge on any atom is 0.262 e. The summed E-state index contributed by atoms with van der Waals surface area (Å²) in [5, 5.41) is 17.8. The molecule has 3 aromatic carbocycles. The molecule has 2 fully saturated rings. The number of carbonyl (C=O) groups is 5. The third-order valence-electron chi connectivity index (χ3n) is 12.2. The van der Waals surface area contributed by atoms with Gasteiger partial charge in [0.05, 0.1) is 23.1 Å². The topological polar surface area (TPSA) is 187 Å². The quantitative estimate of drug-likeness (QED) is 0.144. The van der Waals surface area contributed by atoms with E-state index in [0.717, 1.165) is 83.1 Å². The Balaban J connectivity index is 0.743. The summed E-state index contributed by atoms with van der Waals surface area (Å²) in [4.78, 5) is 78.2. The Kier molecular flexibility index (Phi) is 10.2. The maximum absolute atomic E-state index is 13.2. The van der Waals surface area contributed by atoms with E-state index in [1.807, 2.05) is 24.2 Å². The summed E-state index contributed by atoms with van der Waals surface area (Å²) < 4.78 is 1.77. The van der Waals surface area contributed by atoms with E-state index in [9.17, 15) is 24.0 Å². The van der Waals surface area contributed by atoms with Gasteiger partial charge in [-0.05, 0) is 98.0 Å². The smallest absolute Gasteiger partial charge is 0.262 e. The van der Waals surface area contributed by atoms with Gasteiger partial charge in [0.25, 0.3) is 11.8 Å². The van der Waals surface area contributed by atoms with Gasteiger partial charge in [0.1, 0.15) is 6.04 Å². The van der Waals surface area contributed by atoms with Crippen molar-refractivity contribution in [2.45, 2.75) is 58.5 Å². The number of imide groups is 2. The Morgan fingerprint density at radius 2 is 1.62 bits per heavy atom. The van der Waals surface area contributed by atoms with Crippen molar-refractivity contribution in [3.05, 3.63) is 94.2 Å². The number of likely N-dealkylation sites (tertiary alicyclic amines) is 1. The lowest BCUT2D eigenvalue weighted by atomic mass is 9.93. The second kappa shape index (κ2) is 15.8. The lowest BCUT2D eigenvalue weighted by Gasteiger charge is -2.36. The Morgan fingerprint density at radius 1 is 0.850 bits per heavy atom. The second-order valence-corrected chi connectivity index (χ2v) is 16.3. The first kappa shape index (κ1) is 38.8. The second-order valence-electron chi connectivity index (χ2n) is 16.3. The predicted molar refractivity (Wildman–Crippen MR) is 225 cm³/mol. The number of nitrogens with zero attached hydrogens (tertiary/aromatic N) is 7. The van der Waals surface area contributed by atoms with Gasteiger partial charge in [0.2, 0.25) is 23.7 Å². The Hall–Kier alpha value is -6.68. The van der Waals surface area contributed by atoms with Crippen molar-refractivity contribution in [2.24, 2.45) is 13.0 Å². The Labute approximate surface area is 346 Å². The first-order chi connectivity index (χ1) is 29.0. The zero-order valence-electron chi connectivity index (χ0n) is 33.9. The van der Waals surface area contributed by atoms with Gasteiger partial charge < -0.3 is 20.9 Å². The number of rotatable bonds is 10. The number of aromatic nitrogens is 4. The SMILES string of the molecule is Cc1cccc(C)c1Nc1nn(C)c2nc(Nc3ccc4c(c3)CCN(CC3CCN(C(=O)CNc5ccc6c(c5)C(=O)N(C5CCC(=O)NC5=O)C6=O)CC3)C4)ncc12. The van der Waals surface area contributed by atoms with Gasteiger partial charge in [-0.2, -0.15) is 10.1 Å². The Morgan fingerprint density at radius 3 is 2.40 bits per heavy atom. The van der Waals surface area contributed by atoms with Crippen LogP contribution in [-0.4, -0.2) is 103 Å². The average Bonchev–Trinajstić information content (AvgIpc) is 3.68. The van der Waals surface area contributed by atoms with E-state index in [4.69, 9.17) is 10.1 Å². The van der Waals surface area contributed by atoms with E-state index in [1.54, 1.807) is 16.8 Å². The van der Waals surface area contributed by atoms with Gasteiger partial charge in [0, 0.05) is 69.5 Å². The summed E-state index contributed by atoms with van der Waals surface area (Å²) >= 11 is 0. The summed E-state index contributed by atoms with van der Waals surface area (Å²) in [6.45, 7) is 8.40. The standard InChI is InChI=1S/C44H47N11O5/c1-25-5-4-6-26(2)38(25)49-39-34-21-46-44(50-40(34)52(3)51-39)47-31-8-7-29-24-53(16-15-28(29)19-31)23-27-13-17-54(18-14-27)37(57)22-45-30-9-10-32-33(20-30)43(60)55(42(32)59)35-11-12-36(56)48-41(35)58/h4-10,19-21,27,35,45H,11-18,22-24H2,1-3H3,(H,49,51)(H,46,47,50)(H,48,56,58). The van der Waals surface area contributed by atoms with Crippen molar-refractivity contribution in [3.63, 3.8) is 0 Å². The molecule has 4 aliphatic rings. The number of hydrogen-bond donors (Lipinski definition) is 4. The van der Waals surface area contributed by atoms with E-state index in [2.05, 4.69) is 75.3 Å². The van der Waals surface area contributed by atoms with Crippen LogP contribution in [0.5, 0.6) is 0 Å². The number of fused-ring (bicyclic) bond motifs is 3. The lowest BCUT2D eigenvalue weighted by molar-refractivity contribution is -0.136. The third-order valence-corrected chi connectivity index (χ3v) is 12.2. The number of benzene rings is 3. The fraction of sp³-hybridized carbons (Fsp3) is 0.364. The predicted octanol–water partition coefficient (Wildman–Crippen LogP) is 4.58. The molecule has 308 valence electrons. The molecule has 0 aliphatic carbocycles. The molecular formula is C44H47N11O5. The molecule has 0 spiro atoms. The third kappa shape index (κ3) is 7.54. The number of aryl methyl sites for hydroxylation is 3. The zero-order chi connectivity index (χ0) is 41.7. The van der Waals surface area contributed by atoms with Crippen LogP contribution in [-0.2, 0) is 34.4 Å². The molecule has 1 atom stereocenters. The molecule has 16 nitrogen and oxygen atoms in total. The molecule has 0 radical (unpaired) electrons. The van der Waals surface area contributed by atoms with Crippen molar-refractivity contribution in [1.29, 1.82) is 0 Å². The van der Waals surface area contributed by atoms with Crippen LogP contribution in [0.4, 0.5) is 28.8 Å². The largest absolute Gasteiger partial charge is 0.376 e. The highest BCUT2D eigenvalue weighted by atomic mass is 16.2. The number of hydrogen-bond acceptors (Lipinski definition) is 12. The van der Waals surface area contributed by atoms with Crippen LogP contribution >= 0.6 is 0 Å². The van der Waals surface area contributed by atoms with Gasteiger partial charge in [-0.25, -0.2) is 9.67 Å². The van der Waals surface area contributed by atoms with E-state index in [-0.39, 0.29) is 36.4 Å². The monoisotopic (exact) mass is 809 g/mol. The van der Waals surface area contributed by atoms with Crippen LogP contribution < -0.4 is 21.3 Å². The first-order valence-corrected chi connectivity index (χ1v) is 20.5. The number of para-hydroxylation sites is 1. The summed E-state index contributed by atoms with van der Waals surface area (Å²) in [7, 11) is 1.89. The van der Waals surface area contributed by atoms with Crippen LogP contribution in [0.1, 0.15) is 68.7 Å². The normalized spacial score (nSPS) is 18.4. The molecule has 60 heavy (non-hydrogen) atoms. The van der Waals surface area contributed by atoms with Crippen molar-refractivity contribution in [3.8, 4) is 0 Å². The molecule has 5 aromatic rings. The van der Waals surface area contributed by atoms with E-state index < -0.39 is 29.7 Å². The summed E-state index contributed by atoms with van der Waals surface area (Å²) in [6, 6.07) is 16.4. The molecule has 2 saturated heterocycles. The molecule has 1 unspecified atom stereocenters. The maximum atomic E-state index is 13.2. The fourth-order valence-electron chi connectivity index (χ4n) is 8.90. The van der Waals surface area contributed by atoms with Crippen LogP contribution in [0, 0.1) is 19.8 Å². The molecule has 9 rings (SSSR count). The van der Waals surface area contributed by atoms with Crippen molar-refractivity contribution < 1.29 is 24.0 Å². The fourth-order valence-corrected chi connectivity index (χ4v) is 8.90. The van der Waals surface area contributed by atoms with Crippen molar-refractivity contribution >= 4 is 69.4 Å². The molecule has 0 bridgehead atoms. The highest BCUT2D eigenvalue weighted by Crippen LogP contribution is 2.32. The van der Waals surface area contributed by atoms with Gasteiger partial charge in [-0.15, -0.1) is 0 Å².